The van der Waals surface area contributed by atoms with Gasteiger partial charge in [0.25, 0.3) is 11.5 Å². The van der Waals surface area contributed by atoms with E-state index in [4.69, 9.17) is 11.6 Å². The number of carbonyl (C=O) groups excluding carboxylic acids is 2. The molecule has 0 saturated heterocycles. The lowest BCUT2D eigenvalue weighted by Gasteiger charge is -2.18. The van der Waals surface area contributed by atoms with E-state index < -0.39 is 5.92 Å². The topological polar surface area (TPSA) is 80.2 Å². The molecular weight excluding hydrogens is 462 g/mol. The average Bonchev–Trinajstić information content (AvgIpc) is 2.88. The molecule has 4 rings (SSSR count). The summed E-state index contributed by atoms with van der Waals surface area (Å²) in [5.74, 6) is -0.983. The van der Waals surface area contributed by atoms with Crippen LogP contribution in [0.5, 0.6) is 0 Å². The molecule has 0 bridgehead atoms. The minimum Gasteiger partial charge on any atom is -0.351 e. The van der Waals surface area contributed by atoms with Gasteiger partial charge >= 0.3 is 0 Å². The smallest absolute Gasteiger partial charge is 0.255 e. The van der Waals surface area contributed by atoms with E-state index in [1.807, 2.05) is 30.3 Å². The van der Waals surface area contributed by atoms with Crippen LogP contribution in [-0.2, 0) is 11.2 Å². The van der Waals surface area contributed by atoms with E-state index >= 15 is 0 Å². The molecule has 3 aromatic carbocycles. The first-order valence-electron chi connectivity index (χ1n) is 11.2. The van der Waals surface area contributed by atoms with Crippen LogP contribution in [-0.4, -0.2) is 22.9 Å². The number of hydrogen-bond acceptors (Lipinski definition) is 3. The number of aromatic nitrogens is 1. The fourth-order valence-electron chi connectivity index (χ4n) is 3.67. The van der Waals surface area contributed by atoms with Crippen molar-refractivity contribution in [3.05, 3.63) is 130 Å². The van der Waals surface area contributed by atoms with Gasteiger partial charge in [-0.3, -0.25) is 19.0 Å². The van der Waals surface area contributed by atoms with Crippen LogP contribution in [0, 0.1) is 5.92 Å². The quantitative estimate of drug-likeness (QED) is 0.379. The second kappa shape index (κ2) is 11.3. The molecule has 2 N–H and O–H groups in total. The Hall–Kier alpha value is -4.16. The van der Waals surface area contributed by atoms with Crippen molar-refractivity contribution in [3.63, 3.8) is 0 Å². The molecule has 1 aromatic heterocycles. The number of anilines is 1. The van der Waals surface area contributed by atoms with Gasteiger partial charge < -0.3 is 10.6 Å². The summed E-state index contributed by atoms with van der Waals surface area (Å²) < 4.78 is 1.50. The minimum atomic E-state index is -0.487. The third-order valence-corrected chi connectivity index (χ3v) is 5.80. The highest BCUT2D eigenvalue weighted by Crippen LogP contribution is 2.16. The van der Waals surface area contributed by atoms with E-state index in [-0.39, 0.29) is 23.9 Å². The Balaban J connectivity index is 1.44. The Morgan fingerprint density at radius 2 is 1.51 bits per heavy atom. The van der Waals surface area contributed by atoms with E-state index in [0.717, 1.165) is 5.56 Å². The predicted molar refractivity (Wildman–Crippen MR) is 138 cm³/mol. The molecule has 0 fully saturated rings. The molecule has 4 aromatic rings. The molecule has 0 aliphatic heterocycles. The van der Waals surface area contributed by atoms with Crippen molar-refractivity contribution in [2.45, 2.75) is 6.42 Å². The first-order chi connectivity index (χ1) is 17.0. The summed E-state index contributed by atoms with van der Waals surface area (Å²) in [7, 11) is 0. The summed E-state index contributed by atoms with van der Waals surface area (Å²) in [6.07, 6.45) is 2.14. The van der Waals surface area contributed by atoms with Gasteiger partial charge in [0, 0.05) is 40.8 Å². The van der Waals surface area contributed by atoms with Crippen molar-refractivity contribution in [1.29, 1.82) is 0 Å². The van der Waals surface area contributed by atoms with Crippen molar-refractivity contribution in [2.75, 3.05) is 11.9 Å². The second-order valence-electron chi connectivity index (χ2n) is 8.05. The Kier molecular flexibility index (Phi) is 7.75. The van der Waals surface area contributed by atoms with Gasteiger partial charge in [0.2, 0.25) is 5.91 Å². The minimum absolute atomic E-state index is 0.153. The molecule has 1 unspecified atom stereocenters. The number of nitrogens with zero attached hydrogens (tertiary/aromatic N) is 1. The Bertz CT molecular complexity index is 1350. The molecule has 0 radical (unpaired) electrons. The number of hydrogen-bond donors (Lipinski definition) is 2. The van der Waals surface area contributed by atoms with Gasteiger partial charge in [-0.15, -0.1) is 0 Å². The molecule has 0 aliphatic rings. The van der Waals surface area contributed by atoms with Crippen LogP contribution >= 0.6 is 11.6 Å². The SMILES string of the molecule is O=C(NCC(Cc1ccccc1)C(=O)Nc1ccc(Cl)cc1)c1ccc(-n2ccccc2=O)cc1. The Morgan fingerprint density at radius 1 is 0.829 bits per heavy atom. The predicted octanol–water partition coefficient (Wildman–Crippen LogP) is 4.72. The van der Waals surface area contributed by atoms with E-state index in [2.05, 4.69) is 10.6 Å². The van der Waals surface area contributed by atoms with Gasteiger partial charge in [-0.25, -0.2) is 0 Å². The number of nitrogens with one attached hydrogen (secondary N) is 2. The monoisotopic (exact) mass is 485 g/mol. The van der Waals surface area contributed by atoms with Gasteiger partial charge in [0.05, 0.1) is 5.92 Å². The Morgan fingerprint density at radius 3 is 2.20 bits per heavy atom. The van der Waals surface area contributed by atoms with Crippen molar-refractivity contribution in [2.24, 2.45) is 5.92 Å². The third kappa shape index (κ3) is 6.46. The van der Waals surface area contributed by atoms with E-state index in [9.17, 15) is 14.4 Å². The number of rotatable bonds is 8. The maximum absolute atomic E-state index is 13.1. The molecule has 1 atom stereocenters. The van der Waals surface area contributed by atoms with Gasteiger partial charge in [-0.2, -0.15) is 0 Å². The van der Waals surface area contributed by atoms with Crippen LogP contribution in [0.4, 0.5) is 5.69 Å². The summed E-state index contributed by atoms with van der Waals surface area (Å²) >= 11 is 5.94. The molecule has 2 amide bonds. The van der Waals surface area contributed by atoms with Crippen LogP contribution in [0.3, 0.4) is 0 Å². The molecule has 35 heavy (non-hydrogen) atoms. The Labute approximate surface area is 208 Å². The van der Waals surface area contributed by atoms with Gasteiger partial charge in [0.15, 0.2) is 0 Å². The van der Waals surface area contributed by atoms with Crippen LogP contribution in [0.25, 0.3) is 5.69 Å². The normalized spacial score (nSPS) is 11.5. The lowest BCUT2D eigenvalue weighted by molar-refractivity contribution is -0.119. The highest BCUT2D eigenvalue weighted by atomic mass is 35.5. The van der Waals surface area contributed by atoms with Crippen molar-refractivity contribution >= 4 is 29.1 Å². The standard InChI is InChI=1S/C28H24ClN3O3/c29-23-11-13-24(14-12-23)31-28(35)22(18-20-6-2-1-3-7-20)19-30-27(34)21-9-15-25(16-10-21)32-17-5-4-8-26(32)33/h1-17,22H,18-19H2,(H,30,34)(H,31,35). The highest BCUT2D eigenvalue weighted by Gasteiger charge is 2.21. The van der Waals surface area contributed by atoms with Gasteiger partial charge in [0.1, 0.15) is 0 Å². The maximum atomic E-state index is 13.1. The number of carbonyl (C=O) groups is 2. The molecule has 1 heterocycles. The molecule has 0 saturated carbocycles. The van der Waals surface area contributed by atoms with Crippen LogP contribution in [0.1, 0.15) is 15.9 Å². The number of halogens is 1. The first kappa shape index (κ1) is 24.0. The zero-order valence-corrected chi connectivity index (χ0v) is 19.6. The van der Waals surface area contributed by atoms with E-state index in [1.165, 1.54) is 10.6 Å². The summed E-state index contributed by atoms with van der Waals surface area (Å²) in [5, 5.41) is 6.36. The molecule has 7 heteroatoms. The molecule has 0 spiro atoms. The van der Waals surface area contributed by atoms with Crippen LogP contribution in [0.2, 0.25) is 5.02 Å². The van der Waals surface area contributed by atoms with E-state index in [1.54, 1.807) is 66.9 Å². The molecule has 0 aliphatic carbocycles. The first-order valence-corrected chi connectivity index (χ1v) is 11.5. The summed E-state index contributed by atoms with van der Waals surface area (Å²) in [5.41, 5.74) is 2.58. The number of benzene rings is 3. The lowest BCUT2D eigenvalue weighted by Crippen LogP contribution is -2.36. The summed E-state index contributed by atoms with van der Waals surface area (Å²) in [6.45, 7) is 0.160. The second-order valence-corrected chi connectivity index (χ2v) is 8.49. The fourth-order valence-corrected chi connectivity index (χ4v) is 3.79. The van der Waals surface area contributed by atoms with Crippen LogP contribution in [0.15, 0.2) is 108 Å². The number of amides is 2. The van der Waals surface area contributed by atoms with Gasteiger partial charge in [-0.1, -0.05) is 48.0 Å². The maximum Gasteiger partial charge on any atom is 0.255 e. The number of pyridine rings is 1. The molecular formula is C28H24ClN3O3. The van der Waals surface area contributed by atoms with Crippen molar-refractivity contribution in [3.8, 4) is 5.69 Å². The molecule has 6 nitrogen and oxygen atoms in total. The van der Waals surface area contributed by atoms with Gasteiger partial charge in [-0.05, 0) is 66.6 Å². The van der Waals surface area contributed by atoms with Crippen LogP contribution < -0.4 is 16.2 Å². The fraction of sp³-hybridized carbons (Fsp3) is 0.107. The largest absolute Gasteiger partial charge is 0.351 e. The zero-order valence-electron chi connectivity index (χ0n) is 18.9. The van der Waals surface area contributed by atoms with Crippen molar-refractivity contribution in [1.82, 2.24) is 9.88 Å². The molecule has 176 valence electrons. The average molecular weight is 486 g/mol. The lowest BCUT2D eigenvalue weighted by atomic mass is 9.98. The van der Waals surface area contributed by atoms with E-state index in [0.29, 0.717) is 28.4 Å². The summed E-state index contributed by atoms with van der Waals surface area (Å²) in [4.78, 5) is 37.9. The third-order valence-electron chi connectivity index (χ3n) is 5.55. The summed E-state index contributed by atoms with van der Waals surface area (Å²) in [6, 6.07) is 28.2. The zero-order chi connectivity index (χ0) is 24.6. The van der Waals surface area contributed by atoms with Crippen molar-refractivity contribution < 1.29 is 9.59 Å². The highest BCUT2D eigenvalue weighted by molar-refractivity contribution is 6.30.